The zero-order valence-electron chi connectivity index (χ0n) is 24.7. The molecule has 0 spiro atoms. The first-order valence-electron chi connectivity index (χ1n) is 15.3. The standard InChI is InChI=1S/C32H37N9O3/c42-29(40-14-12-39(13-15-40)26-5-2-23(3-6-26)30-33-9-1-10-34-30)22-38-11-8-24(21-38)32(43)35-25-4-7-28-27(20-25)31(37-36-28)41-16-18-44-19-17-41/h1-7,9-10,20,24H,8,11-19,21-22H2,(H,35,43)(H,36,37)/t24-/m1/s1. The number of likely N-dealkylation sites (tertiary alicyclic amines) is 1. The molecule has 228 valence electrons. The Kier molecular flexibility index (Phi) is 8.08. The van der Waals surface area contributed by atoms with Crippen molar-refractivity contribution in [2.75, 3.05) is 87.2 Å². The summed E-state index contributed by atoms with van der Waals surface area (Å²) in [5, 5.41) is 11.7. The van der Waals surface area contributed by atoms with Gasteiger partial charge in [-0.25, -0.2) is 9.97 Å². The van der Waals surface area contributed by atoms with Crippen molar-refractivity contribution in [1.82, 2.24) is 30.0 Å². The predicted octanol–water partition coefficient (Wildman–Crippen LogP) is 2.47. The summed E-state index contributed by atoms with van der Waals surface area (Å²) in [6.45, 7) is 7.56. The second-order valence-electron chi connectivity index (χ2n) is 11.6. The summed E-state index contributed by atoms with van der Waals surface area (Å²) in [7, 11) is 0. The summed E-state index contributed by atoms with van der Waals surface area (Å²) in [6, 6.07) is 15.9. The van der Waals surface area contributed by atoms with Crippen LogP contribution in [0.1, 0.15) is 6.42 Å². The van der Waals surface area contributed by atoms with Crippen molar-refractivity contribution in [2.45, 2.75) is 6.42 Å². The van der Waals surface area contributed by atoms with Gasteiger partial charge >= 0.3 is 0 Å². The molecular weight excluding hydrogens is 558 g/mol. The summed E-state index contributed by atoms with van der Waals surface area (Å²) in [4.78, 5) is 43.5. The van der Waals surface area contributed by atoms with Crippen LogP contribution in [0.3, 0.4) is 0 Å². The zero-order valence-corrected chi connectivity index (χ0v) is 24.7. The Bertz CT molecular complexity index is 1600. The molecule has 2 aromatic heterocycles. The Morgan fingerprint density at radius 2 is 1.68 bits per heavy atom. The van der Waals surface area contributed by atoms with Gasteiger partial charge in [0.25, 0.3) is 0 Å². The number of amides is 2. The molecule has 0 unspecified atom stereocenters. The number of hydrogen-bond acceptors (Lipinski definition) is 9. The lowest BCUT2D eigenvalue weighted by Gasteiger charge is -2.36. The van der Waals surface area contributed by atoms with E-state index in [1.807, 2.05) is 41.3 Å². The second-order valence-corrected chi connectivity index (χ2v) is 11.6. The van der Waals surface area contributed by atoms with Gasteiger partial charge in [0, 0.05) is 80.5 Å². The van der Waals surface area contributed by atoms with Gasteiger partial charge in [-0.05, 0) is 61.5 Å². The van der Waals surface area contributed by atoms with E-state index in [0.29, 0.717) is 45.2 Å². The minimum absolute atomic E-state index is 0.00539. The molecule has 0 bridgehead atoms. The number of carbonyl (C=O) groups is 2. The molecule has 3 aliphatic rings. The number of rotatable bonds is 7. The lowest BCUT2D eigenvalue weighted by atomic mass is 10.1. The molecule has 7 rings (SSSR count). The first-order chi connectivity index (χ1) is 21.6. The van der Waals surface area contributed by atoms with Gasteiger partial charge in [-0.3, -0.25) is 19.6 Å². The highest BCUT2D eigenvalue weighted by Crippen LogP contribution is 2.28. The van der Waals surface area contributed by atoms with Gasteiger partial charge in [-0.2, -0.15) is 5.10 Å². The number of nitrogens with zero attached hydrogens (tertiary/aromatic N) is 7. The summed E-state index contributed by atoms with van der Waals surface area (Å²) in [6.07, 6.45) is 4.23. The predicted molar refractivity (Wildman–Crippen MR) is 169 cm³/mol. The molecule has 1 atom stereocenters. The van der Waals surface area contributed by atoms with Gasteiger partial charge in [-0.1, -0.05) is 0 Å². The van der Waals surface area contributed by atoms with Crippen molar-refractivity contribution in [3.8, 4) is 11.4 Å². The highest BCUT2D eigenvalue weighted by atomic mass is 16.5. The van der Waals surface area contributed by atoms with Crippen molar-refractivity contribution in [1.29, 1.82) is 0 Å². The van der Waals surface area contributed by atoms with Gasteiger partial charge in [0.2, 0.25) is 11.8 Å². The number of H-pyrrole nitrogens is 1. The second kappa shape index (κ2) is 12.6. The number of aromatic nitrogens is 4. The Morgan fingerprint density at radius 1 is 0.909 bits per heavy atom. The monoisotopic (exact) mass is 595 g/mol. The minimum atomic E-state index is -0.150. The molecule has 3 aliphatic heterocycles. The fraction of sp³-hybridized carbons (Fsp3) is 0.406. The summed E-state index contributed by atoms with van der Waals surface area (Å²) in [5.41, 5.74) is 3.81. The quantitative estimate of drug-likeness (QED) is 0.332. The first kappa shape index (κ1) is 28.2. The lowest BCUT2D eigenvalue weighted by molar-refractivity contribution is -0.132. The van der Waals surface area contributed by atoms with E-state index < -0.39 is 0 Å². The molecule has 2 N–H and O–H groups in total. The Morgan fingerprint density at radius 3 is 2.45 bits per heavy atom. The average molecular weight is 596 g/mol. The third kappa shape index (κ3) is 6.08. The fourth-order valence-electron chi connectivity index (χ4n) is 6.30. The van der Waals surface area contributed by atoms with Crippen molar-refractivity contribution < 1.29 is 14.3 Å². The average Bonchev–Trinajstić information content (AvgIpc) is 3.73. The van der Waals surface area contributed by atoms with Crippen LogP contribution in [0.25, 0.3) is 22.3 Å². The van der Waals surface area contributed by atoms with E-state index in [1.54, 1.807) is 12.4 Å². The van der Waals surface area contributed by atoms with Crippen molar-refractivity contribution >= 4 is 39.9 Å². The van der Waals surface area contributed by atoms with Crippen LogP contribution in [-0.4, -0.2) is 114 Å². The van der Waals surface area contributed by atoms with Gasteiger partial charge in [0.15, 0.2) is 11.6 Å². The van der Waals surface area contributed by atoms with E-state index in [9.17, 15) is 9.59 Å². The maximum atomic E-state index is 13.2. The maximum absolute atomic E-state index is 13.2. The number of benzene rings is 2. The van der Waals surface area contributed by atoms with Gasteiger partial charge in [-0.15, -0.1) is 0 Å². The molecule has 12 nitrogen and oxygen atoms in total. The third-order valence-electron chi connectivity index (χ3n) is 8.81. The molecule has 3 fully saturated rings. The lowest BCUT2D eigenvalue weighted by Crippen LogP contribution is -2.51. The van der Waals surface area contributed by atoms with Crippen LogP contribution in [0.2, 0.25) is 0 Å². The van der Waals surface area contributed by atoms with Crippen LogP contribution in [0.15, 0.2) is 60.9 Å². The molecular formula is C32H37N9O3. The van der Waals surface area contributed by atoms with Crippen molar-refractivity contribution in [3.05, 3.63) is 60.9 Å². The molecule has 2 aromatic carbocycles. The minimum Gasteiger partial charge on any atom is -0.378 e. The van der Waals surface area contributed by atoms with Crippen LogP contribution in [-0.2, 0) is 14.3 Å². The number of aromatic amines is 1. The smallest absolute Gasteiger partial charge is 0.236 e. The fourth-order valence-corrected chi connectivity index (χ4v) is 6.30. The van der Waals surface area contributed by atoms with Crippen LogP contribution in [0.4, 0.5) is 17.2 Å². The van der Waals surface area contributed by atoms with E-state index in [2.05, 4.69) is 52.3 Å². The molecule has 12 heteroatoms. The third-order valence-corrected chi connectivity index (χ3v) is 8.81. The number of ether oxygens (including phenoxy) is 1. The zero-order chi connectivity index (χ0) is 29.9. The van der Waals surface area contributed by atoms with E-state index in [1.165, 1.54) is 0 Å². The molecule has 0 saturated carbocycles. The number of carbonyl (C=O) groups excluding carboxylic acids is 2. The van der Waals surface area contributed by atoms with E-state index in [4.69, 9.17) is 4.74 Å². The molecule has 4 aromatic rings. The number of morpholine rings is 1. The van der Waals surface area contributed by atoms with Crippen molar-refractivity contribution in [3.63, 3.8) is 0 Å². The number of fused-ring (bicyclic) bond motifs is 1. The number of nitrogens with one attached hydrogen (secondary N) is 2. The van der Waals surface area contributed by atoms with Crippen LogP contribution >= 0.6 is 0 Å². The topological polar surface area (TPSA) is 123 Å². The molecule has 44 heavy (non-hydrogen) atoms. The Labute approximate surface area is 256 Å². The Hall–Kier alpha value is -4.55. The largest absolute Gasteiger partial charge is 0.378 e. The van der Waals surface area contributed by atoms with Gasteiger partial charge < -0.3 is 24.8 Å². The van der Waals surface area contributed by atoms with Gasteiger partial charge in [0.1, 0.15) is 0 Å². The van der Waals surface area contributed by atoms with E-state index in [-0.39, 0.29) is 17.7 Å². The molecule has 2 amide bonds. The summed E-state index contributed by atoms with van der Waals surface area (Å²) in [5.74, 6) is 1.58. The Balaban J connectivity index is 0.886. The van der Waals surface area contributed by atoms with E-state index >= 15 is 0 Å². The molecule has 5 heterocycles. The number of anilines is 3. The molecule has 0 aliphatic carbocycles. The number of hydrogen-bond donors (Lipinski definition) is 2. The SMILES string of the molecule is O=C(Nc1ccc2[nH]nc(N3CCOCC3)c2c1)[C@@H]1CCN(CC(=O)N2CCN(c3ccc(-c4ncccn4)cc3)CC2)C1. The molecule has 3 saturated heterocycles. The van der Waals surface area contributed by atoms with Crippen LogP contribution < -0.4 is 15.1 Å². The van der Waals surface area contributed by atoms with Gasteiger partial charge in [0.05, 0.1) is 31.2 Å². The first-order valence-corrected chi connectivity index (χ1v) is 15.3. The van der Waals surface area contributed by atoms with Crippen molar-refractivity contribution in [2.24, 2.45) is 5.92 Å². The number of piperazine rings is 1. The normalized spacial score (nSPS) is 19.5. The van der Waals surface area contributed by atoms with Crippen LogP contribution in [0.5, 0.6) is 0 Å². The highest BCUT2D eigenvalue weighted by molar-refractivity contribution is 5.98. The van der Waals surface area contributed by atoms with E-state index in [0.717, 1.165) is 72.8 Å². The molecule has 0 radical (unpaired) electrons. The summed E-state index contributed by atoms with van der Waals surface area (Å²) < 4.78 is 5.48. The summed E-state index contributed by atoms with van der Waals surface area (Å²) >= 11 is 0. The van der Waals surface area contributed by atoms with Crippen LogP contribution in [0, 0.1) is 5.92 Å². The maximum Gasteiger partial charge on any atom is 0.236 e. The highest BCUT2D eigenvalue weighted by Gasteiger charge is 2.31.